The van der Waals surface area contributed by atoms with Crippen molar-refractivity contribution in [1.82, 2.24) is 19.4 Å². The van der Waals surface area contributed by atoms with Crippen LogP contribution in [0.5, 0.6) is 0 Å². The van der Waals surface area contributed by atoms with Crippen molar-refractivity contribution in [3.05, 3.63) is 42.1 Å². The summed E-state index contributed by atoms with van der Waals surface area (Å²) in [6, 6.07) is 3.44. The molecule has 2 aromatic heterocycles. The van der Waals surface area contributed by atoms with Crippen LogP contribution in [0.25, 0.3) is 0 Å². The fourth-order valence-corrected chi connectivity index (χ4v) is 3.57. The SMILES string of the molecule is CN(C)CCCn1ccnc1C1CCCN(c2cc(C(N)=O)ccn2)C1. The van der Waals surface area contributed by atoms with Gasteiger partial charge in [-0.1, -0.05) is 0 Å². The lowest BCUT2D eigenvalue weighted by Gasteiger charge is -2.33. The molecule has 0 bridgehead atoms. The Hall–Kier alpha value is -2.41. The first-order chi connectivity index (χ1) is 12.5. The van der Waals surface area contributed by atoms with Crippen molar-refractivity contribution in [2.75, 3.05) is 38.6 Å². The maximum Gasteiger partial charge on any atom is 0.248 e. The summed E-state index contributed by atoms with van der Waals surface area (Å²) in [6.45, 7) is 3.85. The first-order valence-electron chi connectivity index (χ1n) is 9.21. The molecule has 1 fully saturated rings. The average Bonchev–Trinajstić information content (AvgIpc) is 3.10. The Kier molecular flexibility index (Phi) is 5.88. The molecule has 3 heterocycles. The van der Waals surface area contributed by atoms with E-state index in [9.17, 15) is 4.79 Å². The van der Waals surface area contributed by atoms with Gasteiger partial charge in [-0.2, -0.15) is 0 Å². The van der Waals surface area contributed by atoms with E-state index < -0.39 is 5.91 Å². The van der Waals surface area contributed by atoms with E-state index in [2.05, 4.69) is 44.6 Å². The number of nitrogens with two attached hydrogens (primary N) is 1. The van der Waals surface area contributed by atoms with Gasteiger partial charge >= 0.3 is 0 Å². The Bertz CT molecular complexity index is 741. The van der Waals surface area contributed by atoms with Gasteiger partial charge < -0.3 is 20.1 Å². The molecule has 0 aromatic carbocycles. The molecule has 2 N–H and O–H groups in total. The number of carbonyl (C=O) groups excluding carboxylic acids is 1. The van der Waals surface area contributed by atoms with Crippen LogP contribution in [0.1, 0.15) is 41.4 Å². The highest BCUT2D eigenvalue weighted by molar-refractivity contribution is 5.93. The minimum atomic E-state index is -0.418. The molecule has 7 nitrogen and oxygen atoms in total. The number of primary amides is 1. The summed E-state index contributed by atoms with van der Waals surface area (Å²) in [7, 11) is 4.20. The third-order valence-electron chi connectivity index (χ3n) is 4.89. The van der Waals surface area contributed by atoms with Crippen LogP contribution >= 0.6 is 0 Å². The van der Waals surface area contributed by atoms with Gasteiger partial charge in [0.1, 0.15) is 11.6 Å². The van der Waals surface area contributed by atoms with Crippen LogP contribution in [0.4, 0.5) is 5.82 Å². The number of hydrogen-bond donors (Lipinski definition) is 1. The van der Waals surface area contributed by atoms with Crippen LogP contribution < -0.4 is 10.6 Å². The van der Waals surface area contributed by atoms with Gasteiger partial charge in [0.15, 0.2) is 0 Å². The second-order valence-corrected chi connectivity index (χ2v) is 7.19. The normalized spacial score (nSPS) is 17.7. The predicted molar refractivity (Wildman–Crippen MR) is 102 cm³/mol. The Labute approximate surface area is 154 Å². The summed E-state index contributed by atoms with van der Waals surface area (Å²) in [5, 5.41) is 0. The molecule has 1 aliphatic heterocycles. The number of aryl methyl sites for hydroxylation is 1. The van der Waals surface area contributed by atoms with E-state index in [1.54, 1.807) is 18.3 Å². The first-order valence-corrected chi connectivity index (χ1v) is 9.21. The Morgan fingerprint density at radius 1 is 1.35 bits per heavy atom. The number of aromatic nitrogens is 3. The third kappa shape index (κ3) is 4.40. The minimum absolute atomic E-state index is 0.372. The zero-order chi connectivity index (χ0) is 18.5. The van der Waals surface area contributed by atoms with E-state index in [1.165, 1.54) is 0 Å². The molecule has 1 unspecified atom stereocenters. The average molecular weight is 356 g/mol. The van der Waals surface area contributed by atoms with E-state index >= 15 is 0 Å². The van der Waals surface area contributed by atoms with E-state index in [-0.39, 0.29) is 0 Å². The number of rotatable bonds is 7. The Balaban J connectivity index is 1.70. The van der Waals surface area contributed by atoms with Crippen molar-refractivity contribution in [3.8, 4) is 0 Å². The van der Waals surface area contributed by atoms with Crippen molar-refractivity contribution in [1.29, 1.82) is 0 Å². The molecule has 140 valence electrons. The van der Waals surface area contributed by atoms with Gasteiger partial charge in [-0.05, 0) is 52.0 Å². The van der Waals surface area contributed by atoms with Gasteiger partial charge in [0.25, 0.3) is 0 Å². The molecule has 0 aliphatic carbocycles. The molecule has 7 heteroatoms. The van der Waals surface area contributed by atoms with E-state index in [4.69, 9.17) is 5.73 Å². The fourth-order valence-electron chi connectivity index (χ4n) is 3.57. The van der Waals surface area contributed by atoms with Crippen molar-refractivity contribution in [2.24, 2.45) is 5.73 Å². The van der Waals surface area contributed by atoms with Crippen LogP contribution in [-0.2, 0) is 6.54 Å². The van der Waals surface area contributed by atoms with Crippen molar-refractivity contribution >= 4 is 11.7 Å². The number of anilines is 1. The molecule has 3 rings (SSSR count). The van der Waals surface area contributed by atoms with E-state index in [0.29, 0.717) is 11.5 Å². The second-order valence-electron chi connectivity index (χ2n) is 7.19. The van der Waals surface area contributed by atoms with Crippen LogP contribution in [0.15, 0.2) is 30.7 Å². The summed E-state index contributed by atoms with van der Waals surface area (Å²) in [4.78, 5) is 25.0. The molecule has 1 amide bonds. The van der Waals surface area contributed by atoms with Crippen LogP contribution in [0.2, 0.25) is 0 Å². The Morgan fingerprint density at radius 2 is 2.19 bits per heavy atom. The van der Waals surface area contributed by atoms with Gasteiger partial charge in [0.2, 0.25) is 5.91 Å². The maximum atomic E-state index is 11.4. The molecule has 26 heavy (non-hydrogen) atoms. The fraction of sp³-hybridized carbons (Fsp3) is 0.526. The smallest absolute Gasteiger partial charge is 0.248 e. The first kappa shape index (κ1) is 18.4. The molecule has 0 saturated carbocycles. The van der Waals surface area contributed by atoms with Gasteiger partial charge in [-0.3, -0.25) is 4.79 Å². The zero-order valence-electron chi connectivity index (χ0n) is 15.6. The summed E-state index contributed by atoms with van der Waals surface area (Å²) >= 11 is 0. The van der Waals surface area contributed by atoms with E-state index in [1.807, 2.05) is 6.20 Å². The Morgan fingerprint density at radius 3 is 2.96 bits per heavy atom. The van der Waals surface area contributed by atoms with Gasteiger partial charge in [-0.25, -0.2) is 9.97 Å². The van der Waals surface area contributed by atoms with E-state index in [0.717, 1.165) is 57.1 Å². The zero-order valence-corrected chi connectivity index (χ0v) is 15.6. The number of carbonyl (C=O) groups is 1. The number of nitrogens with zero attached hydrogens (tertiary/aromatic N) is 5. The van der Waals surface area contributed by atoms with Gasteiger partial charge in [-0.15, -0.1) is 0 Å². The lowest BCUT2D eigenvalue weighted by molar-refractivity contribution is 0.1000. The van der Waals surface area contributed by atoms with Crippen LogP contribution in [-0.4, -0.2) is 59.1 Å². The quantitative estimate of drug-likeness (QED) is 0.817. The van der Waals surface area contributed by atoms with Crippen LogP contribution in [0.3, 0.4) is 0 Å². The molecule has 1 saturated heterocycles. The monoisotopic (exact) mass is 356 g/mol. The standard InChI is InChI=1S/C19H28N6O/c1-23(2)9-4-11-24-12-8-22-19(24)16-5-3-10-25(14-16)17-13-15(18(20)26)6-7-21-17/h6-8,12-13,16H,3-5,9-11,14H2,1-2H3,(H2,20,26). The summed E-state index contributed by atoms with van der Waals surface area (Å²) in [6.07, 6.45) is 8.94. The number of hydrogen-bond acceptors (Lipinski definition) is 5. The molecular weight excluding hydrogens is 328 g/mol. The highest BCUT2D eigenvalue weighted by Gasteiger charge is 2.25. The summed E-state index contributed by atoms with van der Waals surface area (Å²) in [5.41, 5.74) is 5.90. The summed E-state index contributed by atoms with van der Waals surface area (Å²) < 4.78 is 2.28. The van der Waals surface area contributed by atoms with Crippen molar-refractivity contribution in [2.45, 2.75) is 31.7 Å². The highest BCUT2D eigenvalue weighted by atomic mass is 16.1. The summed E-state index contributed by atoms with van der Waals surface area (Å²) in [5.74, 6) is 1.92. The number of imidazole rings is 1. The molecule has 0 spiro atoms. The highest BCUT2D eigenvalue weighted by Crippen LogP contribution is 2.28. The maximum absolute atomic E-state index is 11.4. The molecule has 1 aliphatic rings. The third-order valence-corrected chi connectivity index (χ3v) is 4.89. The lowest BCUT2D eigenvalue weighted by Crippen LogP contribution is -2.36. The van der Waals surface area contributed by atoms with Crippen molar-refractivity contribution in [3.63, 3.8) is 0 Å². The molecule has 1 atom stereocenters. The number of piperidine rings is 1. The van der Waals surface area contributed by atoms with Crippen molar-refractivity contribution < 1.29 is 4.79 Å². The largest absolute Gasteiger partial charge is 0.366 e. The molecule has 0 radical (unpaired) electrons. The second kappa shape index (κ2) is 8.31. The minimum Gasteiger partial charge on any atom is -0.366 e. The van der Waals surface area contributed by atoms with Gasteiger partial charge in [0, 0.05) is 49.7 Å². The number of pyridine rings is 1. The lowest BCUT2D eigenvalue weighted by atomic mass is 9.97. The topological polar surface area (TPSA) is 80.3 Å². The van der Waals surface area contributed by atoms with Crippen LogP contribution in [0, 0.1) is 0 Å². The molecule has 2 aromatic rings. The molecular formula is C19H28N6O. The number of amides is 1. The van der Waals surface area contributed by atoms with Gasteiger partial charge in [0.05, 0.1) is 0 Å². The predicted octanol–water partition coefficient (Wildman–Crippen LogP) is 1.71.